The number of ether oxygens (including phenoxy) is 4. The number of phosphoric acid groups is 2. The van der Waals surface area contributed by atoms with Crippen LogP contribution in [0.3, 0.4) is 0 Å². The molecule has 0 aliphatic rings. The predicted molar refractivity (Wildman–Crippen MR) is 446 cm³/mol. The third-order valence-corrected chi connectivity index (χ3v) is 22.3. The van der Waals surface area contributed by atoms with Gasteiger partial charge in [0.2, 0.25) is 11.8 Å². The van der Waals surface area contributed by atoms with Crippen LogP contribution in [0, 0.1) is 0 Å². The molecule has 0 aromatic carbocycles. The summed E-state index contributed by atoms with van der Waals surface area (Å²) in [6.07, 6.45) is 64.1. The maximum Gasteiger partial charge on any atom is 0.472 e. The van der Waals surface area contributed by atoms with Crippen molar-refractivity contribution < 1.29 is 79.9 Å². The maximum absolute atomic E-state index is 13.3. The normalized spacial score (nSPS) is 13.8. The summed E-state index contributed by atoms with van der Waals surface area (Å²) >= 11 is 0. The number of rotatable bonds is 87. The smallest absolute Gasteiger partial charge is 0.462 e. The van der Waals surface area contributed by atoms with E-state index in [1.54, 1.807) is 0 Å². The van der Waals surface area contributed by atoms with Crippen LogP contribution < -0.4 is 21.3 Å². The number of nitrogens with one attached hydrogen (secondary N) is 4. The van der Waals surface area contributed by atoms with Crippen molar-refractivity contribution in [2.45, 2.75) is 458 Å². The van der Waals surface area contributed by atoms with E-state index in [1.807, 2.05) is 0 Å². The standard InChI is InChI=1S/C86H170N4O17P2/c1-7-13-19-25-29-33-37-39-41-45-51-57-63-83(92)90-79(75-101-71-67-81(61-55-49-24-18-12-6)107-85(94)65-59-53-47-43-36-32-28-22-16-10-4)77-105-109(98,99)103-73-69-88-86(95)87-68-72-102-108(96,97)104-76-78(89-82(91)62-56-50-44-40-38-34-30-26-20-14-8-2)74-100-70-66-80(60-54-48-23-17-11-5)106-84(93)64-58-52-46-42-35-31-27-21-15-9-3/h78-81H,7-77H2,1-6H3,(H,89,91)(H,90,92)(H,96,97)(H,98,99)(H2,87,88,95)/t78-,79-,80?,81?/m1/s1. The van der Waals surface area contributed by atoms with E-state index in [0.29, 0.717) is 38.5 Å². The van der Waals surface area contributed by atoms with Crippen molar-refractivity contribution in [1.82, 2.24) is 21.3 Å². The summed E-state index contributed by atoms with van der Waals surface area (Å²) in [5.41, 5.74) is 0. The van der Waals surface area contributed by atoms with Crippen molar-refractivity contribution in [2.75, 3.05) is 65.9 Å². The molecule has 0 aromatic rings. The van der Waals surface area contributed by atoms with Gasteiger partial charge in [-0.1, -0.05) is 343 Å². The highest BCUT2D eigenvalue weighted by atomic mass is 31.2. The molecule has 23 heteroatoms. The van der Waals surface area contributed by atoms with Crippen LogP contribution in [-0.4, -0.2) is 130 Å². The second kappa shape index (κ2) is 80.5. The molecule has 4 unspecified atom stereocenters. The molecule has 6 N–H and O–H groups in total. The van der Waals surface area contributed by atoms with Gasteiger partial charge in [-0.25, -0.2) is 13.9 Å². The van der Waals surface area contributed by atoms with E-state index in [4.69, 9.17) is 37.0 Å². The summed E-state index contributed by atoms with van der Waals surface area (Å²) in [5.74, 6) is -0.840. The van der Waals surface area contributed by atoms with Gasteiger partial charge in [0.15, 0.2) is 0 Å². The second-order valence-corrected chi connectivity index (χ2v) is 34.0. The minimum atomic E-state index is -4.71. The summed E-state index contributed by atoms with van der Waals surface area (Å²) < 4.78 is 71.8. The predicted octanol–water partition coefficient (Wildman–Crippen LogP) is 23.3. The van der Waals surface area contributed by atoms with Gasteiger partial charge in [0.25, 0.3) is 0 Å². The number of carbonyl (C=O) groups excluding carboxylic acids is 5. The van der Waals surface area contributed by atoms with Gasteiger partial charge in [0.1, 0.15) is 12.2 Å². The zero-order chi connectivity index (χ0) is 79.9. The molecule has 4 amide bonds. The molecule has 0 aliphatic carbocycles. The number of phosphoric ester groups is 2. The number of amides is 4. The molecule has 0 radical (unpaired) electrons. The van der Waals surface area contributed by atoms with Gasteiger partial charge in [0, 0.05) is 51.6 Å². The molecule has 0 fully saturated rings. The lowest BCUT2D eigenvalue weighted by Crippen LogP contribution is -2.41. The highest BCUT2D eigenvalue weighted by molar-refractivity contribution is 7.47. The Kier molecular flexibility index (Phi) is 78.5. The molecule has 6 atom stereocenters. The summed E-state index contributed by atoms with van der Waals surface area (Å²) in [4.78, 5) is 87.0. The van der Waals surface area contributed by atoms with Gasteiger partial charge in [0.05, 0.1) is 64.9 Å². The largest absolute Gasteiger partial charge is 0.472 e. The van der Waals surface area contributed by atoms with Crippen molar-refractivity contribution >= 4 is 45.4 Å². The molecule has 0 aromatic heterocycles. The first-order valence-electron chi connectivity index (χ1n) is 45.4. The van der Waals surface area contributed by atoms with Crippen LogP contribution in [0.2, 0.25) is 0 Å². The Morgan fingerprint density at radius 3 is 0.789 bits per heavy atom. The lowest BCUT2D eigenvalue weighted by Gasteiger charge is -2.22. The van der Waals surface area contributed by atoms with E-state index < -0.39 is 60.2 Å². The molecule has 0 spiro atoms. The molecule has 0 saturated carbocycles. The Labute approximate surface area is 666 Å². The Bertz CT molecular complexity index is 2160. The van der Waals surface area contributed by atoms with E-state index in [1.165, 1.54) is 186 Å². The Hall–Kier alpha value is -2.71. The molecular weight excluding hydrogens is 1420 g/mol. The average molecular weight is 1590 g/mol. The van der Waals surface area contributed by atoms with Crippen molar-refractivity contribution in [1.29, 1.82) is 0 Å². The van der Waals surface area contributed by atoms with Gasteiger partial charge in [-0.15, -0.1) is 0 Å². The van der Waals surface area contributed by atoms with Gasteiger partial charge in [-0.05, 0) is 51.4 Å². The molecular formula is C86H170N4O17P2. The van der Waals surface area contributed by atoms with E-state index in [2.05, 4.69) is 62.8 Å². The minimum Gasteiger partial charge on any atom is -0.462 e. The Morgan fingerprint density at radius 2 is 0.523 bits per heavy atom. The first kappa shape index (κ1) is 106. The highest BCUT2D eigenvalue weighted by Gasteiger charge is 2.27. The SMILES string of the molecule is CCCCCCCCCCCCCCC(=O)N[C@H](COCCC(CCCCCCC)OC(=O)CCCCCCCCCCCC)COP(=O)(O)OCCNC(=O)NCCOP(=O)(O)OC[C@@H](COCCC(CCCCCCC)OC(=O)CCCCCCCCCCCC)NC(=O)CCCCCCCCCCCCC. The van der Waals surface area contributed by atoms with Gasteiger partial charge in [-0.2, -0.15) is 0 Å². The summed E-state index contributed by atoms with van der Waals surface area (Å²) in [5, 5.41) is 10.9. The van der Waals surface area contributed by atoms with Gasteiger partial charge < -0.3 is 50.0 Å². The Balaban J connectivity index is 5.58. The first-order valence-corrected chi connectivity index (χ1v) is 48.4. The zero-order valence-corrected chi connectivity index (χ0v) is 72.7. The first-order chi connectivity index (χ1) is 53.0. The Morgan fingerprint density at radius 1 is 0.284 bits per heavy atom. The van der Waals surface area contributed by atoms with Crippen LogP contribution in [0.25, 0.3) is 0 Å². The molecule has 109 heavy (non-hydrogen) atoms. The number of esters is 2. The summed E-state index contributed by atoms with van der Waals surface area (Å²) in [6.45, 7) is 11.6. The summed E-state index contributed by atoms with van der Waals surface area (Å²) in [6, 6.07) is -2.32. The average Bonchev–Trinajstić information content (AvgIpc) is 0.916. The highest BCUT2D eigenvalue weighted by Crippen LogP contribution is 2.44. The molecule has 646 valence electrons. The van der Waals surface area contributed by atoms with Gasteiger partial charge >= 0.3 is 33.6 Å². The fourth-order valence-electron chi connectivity index (χ4n) is 13.5. The maximum atomic E-state index is 13.3. The zero-order valence-electron chi connectivity index (χ0n) is 70.9. The van der Waals surface area contributed by atoms with Crippen molar-refractivity contribution in [3.05, 3.63) is 0 Å². The van der Waals surface area contributed by atoms with E-state index in [9.17, 15) is 42.9 Å². The molecule has 0 aliphatic heterocycles. The lowest BCUT2D eigenvalue weighted by molar-refractivity contribution is -0.151. The van der Waals surface area contributed by atoms with Crippen LogP contribution in [0.5, 0.6) is 0 Å². The molecule has 0 heterocycles. The van der Waals surface area contributed by atoms with Crippen LogP contribution >= 0.6 is 15.6 Å². The monoisotopic (exact) mass is 1590 g/mol. The van der Waals surface area contributed by atoms with Crippen LogP contribution in [0.4, 0.5) is 4.79 Å². The molecule has 0 bridgehead atoms. The van der Waals surface area contributed by atoms with E-state index in [-0.39, 0.29) is 88.3 Å². The number of hydrogen-bond acceptors (Lipinski definition) is 15. The van der Waals surface area contributed by atoms with Crippen molar-refractivity contribution in [3.63, 3.8) is 0 Å². The van der Waals surface area contributed by atoms with E-state index >= 15 is 0 Å². The van der Waals surface area contributed by atoms with Gasteiger partial charge in [-0.3, -0.25) is 37.3 Å². The number of unbranched alkanes of at least 4 members (excludes halogenated alkanes) is 47. The number of hydrogen-bond donors (Lipinski definition) is 6. The van der Waals surface area contributed by atoms with E-state index in [0.717, 1.165) is 154 Å². The van der Waals surface area contributed by atoms with Crippen molar-refractivity contribution in [3.8, 4) is 0 Å². The molecule has 21 nitrogen and oxygen atoms in total. The fraction of sp³-hybridized carbons (Fsp3) is 0.942. The fourth-order valence-corrected chi connectivity index (χ4v) is 15.0. The third kappa shape index (κ3) is 77.6. The van der Waals surface area contributed by atoms with Crippen LogP contribution in [0.1, 0.15) is 433 Å². The second-order valence-electron chi connectivity index (χ2n) is 31.1. The quantitative estimate of drug-likeness (QED) is 0.0187. The number of urea groups is 1. The molecule has 0 saturated heterocycles. The minimum absolute atomic E-state index is 0.0299. The number of carbonyl (C=O) groups is 5. The topological polar surface area (TPSA) is 282 Å². The molecule has 0 rings (SSSR count). The lowest BCUT2D eigenvalue weighted by atomic mass is 10.0. The van der Waals surface area contributed by atoms with Crippen LogP contribution in [0.15, 0.2) is 0 Å². The van der Waals surface area contributed by atoms with Crippen molar-refractivity contribution in [2.24, 2.45) is 0 Å². The summed E-state index contributed by atoms with van der Waals surface area (Å²) in [7, 11) is -9.41. The third-order valence-electron chi connectivity index (χ3n) is 20.3. The van der Waals surface area contributed by atoms with Crippen LogP contribution in [-0.2, 0) is 65.4 Å².